The molecule has 0 unspecified atom stereocenters. The maximum atomic E-state index is 12.3. The zero-order valence-corrected chi connectivity index (χ0v) is 6.60. The van der Waals surface area contributed by atoms with Crippen LogP contribution in [-0.4, -0.2) is 24.2 Å². The zero-order chi connectivity index (χ0) is 7.56. The first-order valence-electron chi connectivity index (χ1n) is 3.82. The number of hydrogen-bond acceptors (Lipinski definition) is 1. The molecule has 1 heterocycles. The number of alkyl halides is 1. The van der Waals surface area contributed by atoms with E-state index in [-0.39, 0.29) is 0 Å². The van der Waals surface area contributed by atoms with Gasteiger partial charge in [-0.05, 0) is 13.3 Å². The molecular weight excluding hydrogens is 129 g/mol. The van der Waals surface area contributed by atoms with Crippen LogP contribution < -0.4 is 0 Å². The van der Waals surface area contributed by atoms with Crippen molar-refractivity contribution in [3.05, 3.63) is 11.8 Å². The summed E-state index contributed by atoms with van der Waals surface area (Å²) in [7, 11) is 0. The molecule has 0 spiro atoms. The van der Waals surface area contributed by atoms with Crippen molar-refractivity contribution in [2.24, 2.45) is 0 Å². The number of rotatable bonds is 2. The molecule has 58 valence electrons. The second-order valence-corrected chi connectivity index (χ2v) is 2.64. The lowest BCUT2D eigenvalue weighted by molar-refractivity contribution is 0.0951. The van der Waals surface area contributed by atoms with Gasteiger partial charge in [0, 0.05) is 5.70 Å². The Bertz CT molecular complexity index is 136. The van der Waals surface area contributed by atoms with Crippen molar-refractivity contribution in [1.29, 1.82) is 0 Å². The number of nitrogens with zero attached hydrogens (tertiary/aromatic N) is 1. The number of allylic oxidation sites excluding steroid dienone is 2. The van der Waals surface area contributed by atoms with Crippen molar-refractivity contribution in [3.63, 3.8) is 0 Å². The SMILES string of the molecule is CC=C(CC)N1CC(F)C1. The van der Waals surface area contributed by atoms with Crippen LogP contribution in [0.2, 0.25) is 0 Å². The van der Waals surface area contributed by atoms with Crippen molar-refractivity contribution >= 4 is 0 Å². The van der Waals surface area contributed by atoms with Crippen LogP contribution >= 0.6 is 0 Å². The summed E-state index contributed by atoms with van der Waals surface area (Å²) >= 11 is 0. The zero-order valence-electron chi connectivity index (χ0n) is 6.60. The van der Waals surface area contributed by atoms with Crippen molar-refractivity contribution in [1.82, 2.24) is 4.90 Å². The van der Waals surface area contributed by atoms with Gasteiger partial charge >= 0.3 is 0 Å². The van der Waals surface area contributed by atoms with Gasteiger partial charge in [0.05, 0.1) is 13.1 Å². The van der Waals surface area contributed by atoms with Gasteiger partial charge in [0.1, 0.15) is 6.17 Å². The fourth-order valence-electron chi connectivity index (χ4n) is 1.27. The highest BCUT2D eigenvalue weighted by Gasteiger charge is 2.26. The molecule has 1 fully saturated rings. The van der Waals surface area contributed by atoms with E-state index >= 15 is 0 Å². The molecule has 0 radical (unpaired) electrons. The Labute approximate surface area is 61.5 Å². The van der Waals surface area contributed by atoms with Gasteiger partial charge in [0.15, 0.2) is 0 Å². The predicted octanol–water partition coefficient (Wildman–Crippen LogP) is 1.95. The summed E-state index contributed by atoms with van der Waals surface area (Å²) in [6.07, 6.45) is 2.50. The predicted molar refractivity (Wildman–Crippen MR) is 40.5 cm³/mol. The van der Waals surface area contributed by atoms with Crippen LogP contribution in [0.15, 0.2) is 11.8 Å². The Kier molecular flexibility index (Phi) is 2.30. The fraction of sp³-hybridized carbons (Fsp3) is 0.750. The number of likely N-dealkylation sites (tertiary alicyclic amines) is 1. The van der Waals surface area contributed by atoms with Crippen molar-refractivity contribution in [2.75, 3.05) is 13.1 Å². The lowest BCUT2D eigenvalue weighted by Gasteiger charge is -2.37. The van der Waals surface area contributed by atoms with E-state index in [0.29, 0.717) is 13.1 Å². The molecule has 0 aliphatic carbocycles. The third-order valence-electron chi connectivity index (χ3n) is 1.94. The first-order chi connectivity index (χ1) is 4.77. The van der Waals surface area contributed by atoms with E-state index in [4.69, 9.17) is 0 Å². The Balaban J connectivity index is 2.36. The molecule has 0 aromatic rings. The topological polar surface area (TPSA) is 3.24 Å². The first-order valence-corrected chi connectivity index (χ1v) is 3.82. The molecule has 0 amide bonds. The van der Waals surface area contributed by atoms with E-state index in [2.05, 4.69) is 17.9 Å². The van der Waals surface area contributed by atoms with Crippen molar-refractivity contribution in [2.45, 2.75) is 26.4 Å². The van der Waals surface area contributed by atoms with E-state index < -0.39 is 6.17 Å². The molecule has 10 heavy (non-hydrogen) atoms. The maximum absolute atomic E-state index is 12.3. The molecule has 1 rings (SSSR count). The normalized spacial score (nSPS) is 21.1. The Hall–Kier alpha value is -0.530. The molecule has 0 saturated carbocycles. The Morgan fingerprint density at radius 2 is 2.30 bits per heavy atom. The third-order valence-corrected chi connectivity index (χ3v) is 1.94. The van der Waals surface area contributed by atoms with Crippen LogP contribution in [0.3, 0.4) is 0 Å². The van der Waals surface area contributed by atoms with Gasteiger partial charge in [0.25, 0.3) is 0 Å². The number of halogens is 1. The molecule has 0 aromatic carbocycles. The minimum atomic E-state index is -0.582. The standard InChI is InChI=1S/C8H14FN/c1-3-8(4-2)10-5-7(9)6-10/h3,7H,4-6H2,1-2H3. The average molecular weight is 143 g/mol. The highest BCUT2D eigenvalue weighted by atomic mass is 19.1. The largest absolute Gasteiger partial charge is 0.369 e. The van der Waals surface area contributed by atoms with E-state index in [1.807, 2.05) is 6.92 Å². The van der Waals surface area contributed by atoms with Crippen LogP contribution in [0.5, 0.6) is 0 Å². The molecule has 0 atom stereocenters. The summed E-state index contributed by atoms with van der Waals surface area (Å²) in [5.41, 5.74) is 1.27. The van der Waals surface area contributed by atoms with Gasteiger partial charge in [-0.3, -0.25) is 0 Å². The van der Waals surface area contributed by atoms with Gasteiger partial charge in [-0.1, -0.05) is 13.0 Å². The highest BCUT2D eigenvalue weighted by molar-refractivity contribution is 5.04. The van der Waals surface area contributed by atoms with E-state index in [0.717, 1.165) is 6.42 Å². The van der Waals surface area contributed by atoms with Gasteiger partial charge in [-0.2, -0.15) is 0 Å². The minimum absolute atomic E-state index is 0.582. The van der Waals surface area contributed by atoms with Crippen LogP contribution in [0.4, 0.5) is 4.39 Å². The molecule has 2 heteroatoms. The quantitative estimate of drug-likeness (QED) is 0.571. The molecule has 1 saturated heterocycles. The van der Waals surface area contributed by atoms with E-state index in [1.54, 1.807) is 0 Å². The van der Waals surface area contributed by atoms with Gasteiger partial charge in [-0.25, -0.2) is 4.39 Å². The molecule has 0 N–H and O–H groups in total. The summed E-state index contributed by atoms with van der Waals surface area (Å²) in [6, 6.07) is 0. The Morgan fingerprint density at radius 3 is 2.60 bits per heavy atom. The monoisotopic (exact) mass is 143 g/mol. The van der Waals surface area contributed by atoms with Crippen LogP contribution in [0, 0.1) is 0 Å². The summed E-state index contributed by atoms with van der Waals surface area (Å²) in [5, 5.41) is 0. The van der Waals surface area contributed by atoms with Gasteiger partial charge < -0.3 is 4.90 Å². The van der Waals surface area contributed by atoms with Gasteiger partial charge in [0.2, 0.25) is 0 Å². The smallest absolute Gasteiger partial charge is 0.135 e. The summed E-state index contributed by atoms with van der Waals surface area (Å²) in [6.45, 7) is 5.31. The molecule has 1 aliphatic rings. The molecule has 1 nitrogen and oxygen atoms in total. The first kappa shape index (κ1) is 7.58. The van der Waals surface area contributed by atoms with Crippen LogP contribution in [0.1, 0.15) is 20.3 Å². The lowest BCUT2D eigenvalue weighted by atomic mass is 10.1. The molecule has 0 bridgehead atoms. The second-order valence-electron chi connectivity index (χ2n) is 2.64. The molecule has 1 aliphatic heterocycles. The van der Waals surface area contributed by atoms with Crippen molar-refractivity contribution < 1.29 is 4.39 Å². The number of hydrogen-bond donors (Lipinski definition) is 0. The van der Waals surface area contributed by atoms with Gasteiger partial charge in [-0.15, -0.1) is 0 Å². The minimum Gasteiger partial charge on any atom is -0.369 e. The molecular formula is C8H14FN. The fourth-order valence-corrected chi connectivity index (χ4v) is 1.27. The highest BCUT2D eigenvalue weighted by Crippen LogP contribution is 2.19. The van der Waals surface area contributed by atoms with Crippen LogP contribution in [0.25, 0.3) is 0 Å². The average Bonchev–Trinajstić information content (AvgIpc) is 1.87. The maximum Gasteiger partial charge on any atom is 0.135 e. The lowest BCUT2D eigenvalue weighted by Crippen LogP contribution is -2.47. The van der Waals surface area contributed by atoms with Crippen LogP contribution in [-0.2, 0) is 0 Å². The summed E-state index contributed by atoms with van der Waals surface area (Å²) < 4.78 is 12.3. The van der Waals surface area contributed by atoms with Crippen molar-refractivity contribution in [3.8, 4) is 0 Å². The van der Waals surface area contributed by atoms with E-state index in [1.165, 1.54) is 5.70 Å². The Morgan fingerprint density at radius 1 is 1.70 bits per heavy atom. The second kappa shape index (κ2) is 3.04. The van der Waals surface area contributed by atoms with E-state index in [9.17, 15) is 4.39 Å². The summed E-state index contributed by atoms with van der Waals surface area (Å²) in [5.74, 6) is 0. The third kappa shape index (κ3) is 1.31. The molecule has 0 aromatic heterocycles. The summed E-state index contributed by atoms with van der Waals surface area (Å²) in [4.78, 5) is 2.09.